The van der Waals surface area contributed by atoms with Gasteiger partial charge in [0.15, 0.2) is 5.58 Å². The zero-order valence-electron chi connectivity index (χ0n) is 9.17. The van der Waals surface area contributed by atoms with Gasteiger partial charge in [-0.25, -0.2) is 9.59 Å². The van der Waals surface area contributed by atoms with Crippen LogP contribution in [-0.4, -0.2) is 16.5 Å². The first-order valence-electron chi connectivity index (χ1n) is 4.95. The van der Waals surface area contributed by atoms with Gasteiger partial charge >= 0.3 is 11.8 Å². The Morgan fingerprint density at radius 1 is 1.39 bits per heavy atom. The van der Waals surface area contributed by atoms with Crippen molar-refractivity contribution < 1.29 is 14.0 Å². The third kappa shape index (κ3) is 2.17. The highest BCUT2D eigenvalue weighted by molar-refractivity contribution is 5.93. The molecule has 18 heavy (non-hydrogen) atoms. The normalized spacial score (nSPS) is 10.4. The van der Waals surface area contributed by atoms with E-state index in [4.69, 9.17) is 15.9 Å². The van der Waals surface area contributed by atoms with Crippen LogP contribution in [0.3, 0.4) is 0 Å². The number of hydrogen-bond donors (Lipinski definition) is 3. The highest BCUT2D eigenvalue weighted by atomic mass is 16.4. The monoisotopic (exact) mass is 250 g/mol. The van der Waals surface area contributed by atoms with Crippen LogP contribution < -0.4 is 22.5 Å². The molecule has 0 aliphatic carbocycles. The van der Waals surface area contributed by atoms with E-state index >= 15 is 0 Å². The van der Waals surface area contributed by atoms with Gasteiger partial charge in [-0.15, -0.1) is 0 Å². The number of fused-ring (bicyclic) bond motifs is 1. The van der Waals surface area contributed by atoms with Crippen molar-refractivity contribution in [2.75, 3.05) is 5.73 Å². The van der Waals surface area contributed by atoms with Gasteiger partial charge in [0.2, 0.25) is 5.91 Å². The number of carbonyl (C=O) groups excluding carboxylic acids is 2. The molecule has 1 aromatic heterocycles. The number of nitrogens with one attached hydrogen (secondary N) is 1. The number of nitrogens with zero attached hydrogens (tertiary/aromatic N) is 1. The topological polar surface area (TPSA) is 133 Å². The second-order valence-electron chi connectivity index (χ2n) is 3.59. The summed E-state index contributed by atoms with van der Waals surface area (Å²) in [4.78, 5) is 33.4. The molecule has 2 aromatic rings. The van der Waals surface area contributed by atoms with Crippen LogP contribution in [0.4, 0.5) is 10.5 Å². The molecular weight excluding hydrogens is 240 g/mol. The van der Waals surface area contributed by atoms with Crippen LogP contribution >= 0.6 is 0 Å². The maximum atomic E-state index is 11.5. The maximum Gasteiger partial charge on any atom is 0.420 e. The van der Waals surface area contributed by atoms with Crippen molar-refractivity contribution in [3.63, 3.8) is 0 Å². The smallest absolute Gasteiger partial charge is 0.408 e. The molecule has 8 nitrogen and oxygen atoms in total. The molecule has 1 heterocycles. The Balaban J connectivity index is 2.39. The zero-order chi connectivity index (χ0) is 13.3. The van der Waals surface area contributed by atoms with Gasteiger partial charge in [0.25, 0.3) is 0 Å². The minimum Gasteiger partial charge on any atom is -0.408 e. The van der Waals surface area contributed by atoms with E-state index in [9.17, 15) is 14.4 Å². The van der Waals surface area contributed by atoms with Gasteiger partial charge in [-0.3, -0.25) is 14.7 Å². The number of nitrogen functional groups attached to an aromatic ring is 1. The van der Waals surface area contributed by atoms with Crippen LogP contribution in [0.1, 0.15) is 0 Å². The lowest BCUT2D eigenvalue weighted by molar-refractivity contribution is -0.120. The molecule has 8 heteroatoms. The number of rotatable bonds is 2. The standard InChI is InChI=1S/C10H10N4O4/c11-5-1-2-6-7(3-5)18-10(17)14(6)4-8(15)13-9(12)16/h1-3H,4,11H2,(H3,12,13,15,16). The summed E-state index contributed by atoms with van der Waals surface area (Å²) in [6, 6.07) is 3.61. The Morgan fingerprint density at radius 3 is 2.78 bits per heavy atom. The number of nitrogens with two attached hydrogens (primary N) is 2. The Bertz CT molecular complexity index is 685. The lowest BCUT2D eigenvalue weighted by Gasteiger charge is -2.01. The number of urea groups is 1. The van der Waals surface area contributed by atoms with Crippen molar-refractivity contribution in [1.82, 2.24) is 9.88 Å². The molecule has 0 saturated heterocycles. The van der Waals surface area contributed by atoms with Crippen molar-refractivity contribution in [3.05, 3.63) is 28.7 Å². The lowest BCUT2D eigenvalue weighted by atomic mass is 10.3. The van der Waals surface area contributed by atoms with Gasteiger partial charge in [0.1, 0.15) is 6.54 Å². The molecule has 0 bridgehead atoms. The fraction of sp³-hybridized carbons (Fsp3) is 0.100. The summed E-state index contributed by atoms with van der Waals surface area (Å²) in [5.41, 5.74) is 11.4. The second-order valence-corrected chi connectivity index (χ2v) is 3.59. The predicted octanol–water partition coefficient (Wildman–Crippen LogP) is -0.628. The molecule has 0 fully saturated rings. The minimum absolute atomic E-state index is 0.270. The third-order valence-corrected chi connectivity index (χ3v) is 2.26. The van der Waals surface area contributed by atoms with Crippen LogP contribution in [0.2, 0.25) is 0 Å². The average molecular weight is 250 g/mol. The van der Waals surface area contributed by atoms with Gasteiger partial charge in [-0.2, -0.15) is 0 Å². The van der Waals surface area contributed by atoms with E-state index in [0.29, 0.717) is 11.2 Å². The summed E-state index contributed by atoms with van der Waals surface area (Å²) < 4.78 is 5.99. The van der Waals surface area contributed by atoms with Crippen LogP contribution in [0, 0.1) is 0 Å². The molecule has 3 amide bonds. The Hall–Kier alpha value is -2.77. The largest absolute Gasteiger partial charge is 0.420 e. The molecule has 0 spiro atoms. The van der Waals surface area contributed by atoms with Gasteiger partial charge in [0, 0.05) is 11.8 Å². The summed E-state index contributed by atoms with van der Waals surface area (Å²) in [5, 5.41) is 1.86. The van der Waals surface area contributed by atoms with E-state index in [1.807, 2.05) is 5.32 Å². The average Bonchev–Trinajstić information content (AvgIpc) is 2.53. The first-order chi connectivity index (χ1) is 8.47. The highest BCUT2D eigenvalue weighted by Crippen LogP contribution is 2.15. The minimum atomic E-state index is -0.981. The molecule has 94 valence electrons. The summed E-state index contributed by atoms with van der Waals surface area (Å²) in [6.07, 6.45) is 0. The van der Waals surface area contributed by atoms with Gasteiger partial charge in [-0.05, 0) is 12.1 Å². The number of benzene rings is 1. The SMILES string of the molecule is NC(=O)NC(=O)Cn1c(=O)oc2cc(N)ccc21. The zero-order valence-corrected chi connectivity index (χ0v) is 9.17. The van der Waals surface area contributed by atoms with Crippen LogP contribution in [-0.2, 0) is 11.3 Å². The number of hydrogen-bond acceptors (Lipinski definition) is 5. The first-order valence-corrected chi connectivity index (χ1v) is 4.95. The molecule has 0 unspecified atom stereocenters. The Kier molecular flexibility index (Phi) is 2.76. The van der Waals surface area contributed by atoms with Gasteiger partial charge in [0.05, 0.1) is 5.52 Å². The van der Waals surface area contributed by atoms with E-state index in [-0.39, 0.29) is 12.1 Å². The fourth-order valence-electron chi connectivity index (χ4n) is 1.55. The predicted molar refractivity (Wildman–Crippen MR) is 62.6 cm³/mol. The molecule has 0 aliphatic heterocycles. The molecule has 0 radical (unpaired) electrons. The quantitative estimate of drug-likeness (QED) is 0.610. The number of primary amides is 1. The van der Waals surface area contributed by atoms with Crippen molar-refractivity contribution in [2.24, 2.45) is 5.73 Å². The van der Waals surface area contributed by atoms with E-state index in [2.05, 4.69) is 0 Å². The summed E-state index contributed by atoms with van der Waals surface area (Å²) >= 11 is 0. The highest BCUT2D eigenvalue weighted by Gasteiger charge is 2.13. The summed E-state index contributed by atoms with van der Waals surface area (Å²) in [6.45, 7) is -0.362. The van der Waals surface area contributed by atoms with E-state index < -0.39 is 17.7 Å². The van der Waals surface area contributed by atoms with Crippen molar-refractivity contribution in [1.29, 1.82) is 0 Å². The van der Waals surface area contributed by atoms with Crippen molar-refractivity contribution in [3.8, 4) is 0 Å². The van der Waals surface area contributed by atoms with Gasteiger partial charge < -0.3 is 15.9 Å². The number of amides is 3. The lowest BCUT2D eigenvalue weighted by Crippen LogP contribution is -2.38. The molecular formula is C10H10N4O4. The Labute approximate surface area is 100 Å². The van der Waals surface area contributed by atoms with E-state index in [1.54, 1.807) is 12.1 Å². The number of anilines is 1. The first kappa shape index (κ1) is 11.7. The van der Waals surface area contributed by atoms with E-state index in [1.165, 1.54) is 6.07 Å². The molecule has 1 aromatic carbocycles. The Morgan fingerprint density at radius 2 is 2.11 bits per heavy atom. The molecule has 0 atom stereocenters. The van der Waals surface area contributed by atoms with Crippen LogP contribution in [0.5, 0.6) is 0 Å². The molecule has 5 N–H and O–H groups in total. The number of imide groups is 1. The molecule has 2 rings (SSSR count). The number of carbonyl (C=O) groups is 2. The number of aromatic nitrogens is 1. The molecule has 0 saturated carbocycles. The van der Waals surface area contributed by atoms with Crippen LogP contribution in [0.15, 0.2) is 27.4 Å². The summed E-state index contributed by atoms with van der Waals surface area (Å²) in [7, 11) is 0. The summed E-state index contributed by atoms with van der Waals surface area (Å²) in [5.74, 6) is -1.42. The van der Waals surface area contributed by atoms with E-state index in [0.717, 1.165) is 4.57 Å². The van der Waals surface area contributed by atoms with Gasteiger partial charge in [-0.1, -0.05) is 0 Å². The van der Waals surface area contributed by atoms with Crippen LogP contribution in [0.25, 0.3) is 11.1 Å². The molecule has 0 aliphatic rings. The third-order valence-electron chi connectivity index (χ3n) is 2.26. The van der Waals surface area contributed by atoms with Crippen molar-refractivity contribution >= 4 is 28.7 Å². The number of oxazole rings is 1. The maximum absolute atomic E-state index is 11.5. The second kappa shape index (κ2) is 4.24. The fourth-order valence-corrected chi connectivity index (χ4v) is 1.55. The van der Waals surface area contributed by atoms with Crippen molar-refractivity contribution in [2.45, 2.75) is 6.54 Å².